The summed E-state index contributed by atoms with van der Waals surface area (Å²) in [4.78, 5) is 0. The fourth-order valence-corrected chi connectivity index (χ4v) is 5.60. The molecule has 166 valence electrons. The summed E-state index contributed by atoms with van der Waals surface area (Å²) >= 11 is 7.82. The highest BCUT2D eigenvalue weighted by atomic mass is 79.9. The van der Waals surface area contributed by atoms with E-state index >= 15 is 0 Å². The fourth-order valence-electron chi connectivity index (χ4n) is 4.41. The molecule has 0 N–H and O–H groups in total. The van der Waals surface area contributed by atoms with Crippen LogP contribution in [-0.4, -0.2) is 0 Å². The van der Waals surface area contributed by atoms with Crippen LogP contribution < -0.4 is 0 Å². The van der Waals surface area contributed by atoms with Gasteiger partial charge in [-0.3, -0.25) is 0 Å². The molecule has 0 bridgehead atoms. The Kier molecular flexibility index (Phi) is 6.54. The zero-order valence-corrected chi connectivity index (χ0v) is 22.3. The summed E-state index contributed by atoms with van der Waals surface area (Å²) in [6.45, 7) is 4.26. The van der Waals surface area contributed by atoms with Crippen LogP contribution in [0.1, 0.15) is 33.4 Å². The van der Waals surface area contributed by atoms with Crippen molar-refractivity contribution in [2.45, 2.75) is 13.8 Å². The fraction of sp³-hybridized carbons (Fsp3) is 0.0625. The zero-order valence-electron chi connectivity index (χ0n) is 19.1. The van der Waals surface area contributed by atoms with Crippen LogP contribution in [0.25, 0.3) is 11.1 Å². The first kappa shape index (κ1) is 22.8. The normalized spacial score (nSPS) is 16.2. The molecule has 4 aromatic rings. The van der Waals surface area contributed by atoms with E-state index in [1.165, 1.54) is 55.7 Å². The summed E-state index contributed by atoms with van der Waals surface area (Å²) in [5.74, 6) is 0. The summed E-state index contributed by atoms with van der Waals surface area (Å²) in [5.41, 5.74) is 12.2. The van der Waals surface area contributed by atoms with Crippen molar-refractivity contribution in [3.8, 4) is 0 Å². The van der Waals surface area contributed by atoms with Crippen LogP contribution in [0.15, 0.2) is 129 Å². The Balaban J connectivity index is 1.88. The smallest absolute Gasteiger partial charge is 0.0409 e. The minimum absolute atomic E-state index is 1.10. The van der Waals surface area contributed by atoms with Crippen molar-refractivity contribution in [1.29, 1.82) is 0 Å². The van der Waals surface area contributed by atoms with Crippen LogP contribution in [0.3, 0.4) is 0 Å². The van der Waals surface area contributed by atoms with Gasteiger partial charge in [0.05, 0.1) is 0 Å². The number of benzene rings is 4. The molecule has 0 amide bonds. The Morgan fingerprint density at radius 1 is 0.412 bits per heavy atom. The van der Waals surface area contributed by atoms with E-state index < -0.39 is 0 Å². The third-order valence-corrected chi connectivity index (χ3v) is 8.31. The van der Waals surface area contributed by atoms with E-state index in [9.17, 15) is 0 Å². The van der Waals surface area contributed by atoms with Gasteiger partial charge in [-0.05, 0) is 79.1 Å². The minimum atomic E-state index is 1.10. The van der Waals surface area contributed by atoms with Gasteiger partial charge in [0.15, 0.2) is 0 Å². The standard InChI is InChI=1S/C32H24Br2/c1-21-13-17-25(18-14-21)27(23-9-5-3-6-10-23)29-30(32(34)31(29)33)28(24-11-7-4-8-12-24)26-19-15-22(2)16-20-26/h3-20H,1-2H3/b29-27-,30-28+. The van der Waals surface area contributed by atoms with Crippen molar-refractivity contribution in [3.63, 3.8) is 0 Å². The van der Waals surface area contributed by atoms with Gasteiger partial charge in [0.25, 0.3) is 0 Å². The molecule has 0 aromatic heterocycles. The predicted molar refractivity (Wildman–Crippen MR) is 152 cm³/mol. The van der Waals surface area contributed by atoms with Gasteiger partial charge in [-0.1, -0.05) is 120 Å². The predicted octanol–water partition coefficient (Wildman–Crippen LogP) is 9.62. The third kappa shape index (κ3) is 4.29. The Hall–Kier alpha value is -2.94. The van der Waals surface area contributed by atoms with E-state index in [0.29, 0.717) is 0 Å². The topological polar surface area (TPSA) is 0 Å². The van der Waals surface area contributed by atoms with E-state index in [0.717, 1.165) is 8.96 Å². The first-order valence-electron chi connectivity index (χ1n) is 11.3. The molecule has 0 saturated carbocycles. The second kappa shape index (κ2) is 9.74. The van der Waals surface area contributed by atoms with Gasteiger partial charge in [0, 0.05) is 20.1 Å². The molecule has 0 fully saturated rings. The largest absolute Gasteiger partial charge is 0.0622 e. The van der Waals surface area contributed by atoms with Crippen LogP contribution in [0.4, 0.5) is 0 Å². The third-order valence-electron chi connectivity index (χ3n) is 6.19. The number of hydrogen-bond acceptors (Lipinski definition) is 0. The summed E-state index contributed by atoms with van der Waals surface area (Å²) in [5, 5.41) is 0. The molecule has 5 rings (SSSR count). The minimum Gasteiger partial charge on any atom is -0.0622 e. The number of halogens is 2. The molecular formula is C32H24Br2. The molecule has 0 saturated heterocycles. The lowest BCUT2D eigenvalue weighted by Gasteiger charge is -2.31. The van der Waals surface area contributed by atoms with Gasteiger partial charge in [-0.2, -0.15) is 0 Å². The van der Waals surface area contributed by atoms with Crippen molar-refractivity contribution in [3.05, 3.63) is 163 Å². The van der Waals surface area contributed by atoms with Gasteiger partial charge in [-0.25, -0.2) is 0 Å². The molecule has 0 atom stereocenters. The molecule has 0 aliphatic heterocycles. The SMILES string of the molecule is Cc1ccc(/C(=C2C(Br)=C(Br)C\2=C(/c2ccccc2)c2ccc(C)cc2)c2ccccc2)cc1. The van der Waals surface area contributed by atoms with E-state index in [1.807, 2.05) is 0 Å². The lowest BCUT2D eigenvalue weighted by Crippen LogP contribution is -2.12. The van der Waals surface area contributed by atoms with Gasteiger partial charge in [0.1, 0.15) is 0 Å². The van der Waals surface area contributed by atoms with Gasteiger partial charge < -0.3 is 0 Å². The molecule has 0 nitrogen and oxygen atoms in total. The Labute approximate surface area is 218 Å². The Bertz CT molecular complexity index is 1310. The van der Waals surface area contributed by atoms with Crippen molar-refractivity contribution in [2.24, 2.45) is 0 Å². The molecule has 2 heteroatoms. The number of aryl methyl sites for hydroxylation is 2. The lowest BCUT2D eigenvalue weighted by atomic mass is 9.78. The van der Waals surface area contributed by atoms with Crippen molar-refractivity contribution in [1.82, 2.24) is 0 Å². The molecule has 1 aliphatic carbocycles. The van der Waals surface area contributed by atoms with Crippen molar-refractivity contribution >= 4 is 43.0 Å². The van der Waals surface area contributed by atoms with Crippen LogP contribution in [0.5, 0.6) is 0 Å². The summed E-state index contributed by atoms with van der Waals surface area (Å²) in [7, 11) is 0. The maximum absolute atomic E-state index is 3.91. The Morgan fingerprint density at radius 2 is 0.706 bits per heavy atom. The highest BCUT2D eigenvalue weighted by Gasteiger charge is 2.33. The van der Waals surface area contributed by atoms with Crippen molar-refractivity contribution in [2.75, 3.05) is 0 Å². The van der Waals surface area contributed by atoms with Gasteiger partial charge >= 0.3 is 0 Å². The molecule has 0 radical (unpaired) electrons. The van der Waals surface area contributed by atoms with E-state index in [-0.39, 0.29) is 0 Å². The highest BCUT2D eigenvalue weighted by molar-refractivity contribution is 9.14. The van der Waals surface area contributed by atoms with E-state index in [1.54, 1.807) is 0 Å². The van der Waals surface area contributed by atoms with Crippen molar-refractivity contribution < 1.29 is 0 Å². The molecule has 34 heavy (non-hydrogen) atoms. The first-order valence-corrected chi connectivity index (χ1v) is 12.9. The number of allylic oxidation sites excluding steroid dienone is 4. The quantitative estimate of drug-likeness (QED) is 0.230. The second-order valence-electron chi connectivity index (χ2n) is 8.59. The highest BCUT2D eigenvalue weighted by Crippen LogP contribution is 2.55. The summed E-state index contributed by atoms with van der Waals surface area (Å²) < 4.78 is 2.20. The van der Waals surface area contributed by atoms with Crippen LogP contribution >= 0.6 is 31.9 Å². The summed E-state index contributed by atoms with van der Waals surface area (Å²) in [6.07, 6.45) is 0. The van der Waals surface area contributed by atoms with Crippen LogP contribution in [-0.2, 0) is 0 Å². The van der Waals surface area contributed by atoms with E-state index in [2.05, 4.69) is 155 Å². The monoisotopic (exact) mass is 566 g/mol. The molecular weight excluding hydrogens is 544 g/mol. The number of hydrogen-bond donors (Lipinski definition) is 0. The van der Waals surface area contributed by atoms with Gasteiger partial charge in [-0.15, -0.1) is 0 Å². The average molecular weight is 568 g/mol. The van der Waals surface area contributed by atoms with E-state index in [4.69, 9.17) is 0 Å². The maximum Gasteiger partial charge on any atom is 0.0409 e. The average Bonchev–Trinajstić information content (AvgIpc) is 2.88. The molecule has 4 aromatic carbocycles. The maximum atomic E-state index is 3.91. The van der Waals surface area contributed by atoms with Gasteiger partial charge in [0.2, 0.25) is 0 Å². The second-order valence-corrected chi connectivity index (χ2v) is 10.2. The van der Waals surface area contributed by atoms with Crippen LogP contribution in [0.2, 0.25) is 0 Å². The van der Waals surface area contributed by atoms with Crippen LogP contribution in [0, 0.1) is 13.8 Å². The summed E-state index contributed by atoms with van der Waals surface area (Å²) in [6, 6.07) is 39.0. The molecule has 0 unspecified atom stereocenters. The first-order chi connectivity index (χ1) is 16.5. The number of rotatable bonds is 4. The zero-order chi connectivity index (χ0) is 23.7. The molecule has 0 spiro atoms. The Morgan fingerprint density at radius 3 is 1.03 bits per heavy atom. The molecule has 0 heterocycles. The molecule has 1 aliphatic rings. The lowest BCUT2D eigenvalue weighted by molar-refractivity contribution is 1.36.